The van der Waals surface area contributed by atoms with Crippen LogP contribution in [-0.4, -0.2) is 11.7 Å². The van der Waals surface area contributed by atoms with Gasteiger partial charge in [0.15, 0.2) is 0 Å². The Kier molecular flexibility index (Phi) is 4.62. The average molecular weight is 332 g/mol. The molecule has 17 heavy (non-hydrogen) atoms. The number of thiophene rings is 1. The molecule has 1 heterocycles. The van der Waals surface area contributed by atoms with Crippen molar-refractivity contribution >= 4 is 38.9 Å². The Balaban J connectivity index is 2.13. The predicted molar refractivity (Wildman–Crippen MR) is 77.0 cm³/mol. The summed E-state index contributed by atoms with van der Waals surface area (Å²) < 4.78 is 1.85. The molecule has 0 spiro atoms. The van der Waals surface area contributed by atoms with Gasteiger partial charge in [-0.3, -0.25) is 0 Å². The molecule has 0 aliphatic heterocycles. The van der Waals surface area contributed by atoms with E-state index in [2.05, 4.69) is 15.9 Å². The van der Waals surface area contributed by atoms with Crippen molar-refractivity contribution in [1.29, 1.82) is 0 Å². The molecule has 0 fully saturated rings. The van der Waals surface area contributed by atoms with Gasteiger partial charge in [-0.1, -0.05) is 39.7 Å². The number of benzene rings is 1. The molecule has 1 aromatic heterocycles. The van der Waals surface area contributed by atoms with E-state index in [1.165, 1.54) is 4.88 Å². The summed E-state index contributed by atoms with van der Waals surface area (Å²) in [5, 5.41) is 9.48. The van der Waals surface area contributed by atoms with Crippen LogP contribution in [0.25, 0.3) is 0 Å². The first-order chi connectivity index (χ1) is 8.19. The zero-order valence-electron chi connectivity index (χ0n) is 9.07. The van der Waals surface area contributed by atoms with Crippen LogP contribution in [0.5, 0.6) is 0 Å². The summed E-state index contributed by atoms with van der Waals surface area (Å²) in [6, 6.07) is 12.0. The molecule has 1 nitrogen and oxygen atoms in total. The van der Waals surface area contributed by atoms with E-state index in [0.717, 1.165) is 20.8 Å². The molecule has 90 valence electrons. The third kappa shape index (κ3) is 3.55. The molecule has 0 saturated heterocycles. The minimum Gasteiger partial charge on any atom is -0.396 e. The van der Waals surface area contributed by atoms with E-state index in [4.69, 9.17) is 11.6 Å². The molecule has 0 aliphatic carbocycles. The van der Waals surface area contributed by atoms with E-state index in [-0.39, 0.29) is 12.5 Å². The van der Waals surface area contributed by atoms with Crippen molar-refractivity contribution in [2.45, 2.75) is 12.3 Å². The van der Waals surface area contributed by atoms with Crippen LogP contribution in [0.3, 0.4) is 0 Å². The second-order valence-electron chi connectivity index (χ2n) is 3.84. The number of hydrogen-bond donors (Lipinski definition) is 1. The van der Waals surface area contributed by atoms with E-state index in [1.54, 1.807) is 11.3 Å². The molecule has 0 saturated carbocycles. The van der Waals surface area contributed by atoms with Crippen LogP contribution in [0.4, 0.5) is 0 Å². The van der Waals surface area contributed by atoms with Gasteiger partial charge in [-0.2, -0.15) is 0 Å². The van der Waals surface area contributed by atoms with Gasteiger partial charge in [0.1, 0.15) is 0 Å². The molecule has 0 aliphatic rings. The summed E-state index contributed by atoms with van der Waals surface area (Å²) in [5.41, 5.74) is 1.15. The summed E-state index contributed by atoms with van der Waals surface area (Å²) >= 11 is 10.9. The van der Waals surface area contributed by atoms with Gasteiger partial charge in [0.2, 0.25) is 0 Å². The van der Waals surface area contributed by atoms with Crippen molar-refractivity contribution < 1.29 is 5.11 Å². The minimum atomic E-state index is 0.137. The number of aliphatic hydroxyl groups is 1. The monoisotopic (exact) mass is 330 g/mol. The highest BCUT2D eigenvalue weighted by atomic mass is 79.9. The second-order valence-corrected chi connectivity index (χ2v) is 6.56. The molecule has 0 amide bonds. The number of halogens is 2. The molecule has 1 N–H and O–H groups in total. The average Bonchev–Trinajstić information content (AvgIpc) is 2.73. The standard InChI is InChI=1S/C13H12BrClOS/c14-11-3-1-9(2-4-11)10(8-16)7-12-5-6-13(15)17-12/h1-6,10,16H,7-8H2. The molecule has 2 rings (SSSR count). The highest BCUT2D eigenvalue weighted by Crippen LogP contribution is 2.28. The van der Waals surface area contributed by atoms with Crippen molar-refractivity contribution in [1.82, 2.24) is 0 Å². The van der Waals surface area contributed by atoms with Crippen molar-refractivity contribution in [3.8, 4) is 0 Å². The molecule has 1 atom stereocenters. The fourth-order valence-electron chi connectivity index (χ4n) is 1.73. The lowest BCUT2D eigenvalue weighted by molar-refractivity contribution is 0.265. The van der Waals surface area contributed by atoms with Gasteiger partial charge < -0.3 is 5.11 Å². The lowest BCUT2D eigenvalue weighted by atomic mass is 9.96. The largest absolute Gasteiger partial charge is 0.396 e. The quantitative estimate of drug-likeness (QED) is 0.875. The summed E-state index contributed by atoms with van der Waals surface area (Å²) in [5.74, 6) is 0.137. The maximum absolute atomic E-state index is 9.48. The lowest BCUT2D eigenvalue weighted by Gasteiger charge is -2.13. The number of rotatable bonds is 4. The predicted octanol–water partition coefficient (Wildman–Crippen LogP) is 4.48. The van der Waals surface area contributed by atoms with Gasteiger partial charge in [-0.05, 0) is 36.2 Å². The van der Waals surface area contributed by atoms with Gasteiger partial charge >= 0.3 is 0 Å². The Bertz CT molecular complexity index is 480. The van der Waals surface area contributed by atoms with Crippen LogP contribution in [0.15, 0.2) is 40.9 Å². The van der Waals surface area contributed by atoms with Crippen LogP contribution in [0.1, 0.15) is 16.4 Å². The van der Waals surface area contributed by atoms with Crippen molar-refractivity contribution in [3.05, 3.63) is 55.6 Å². The third-order valence-electron chi connectivity index (χ3n) is 2.64. The lowest BCUT2D eigenvalue weighted by Crippen LogP contribution is -2.06. The second kappa shape index (κ2) is 6.01. The Morgan fingerprint density at radius 2 is 1.88 bits per heavy atom. The van der Waals surface area contributed by atoms with Crippen LogP contribution < -0.4 is 0 Å². The smallest absolute Gasteiger partial charge is 0.0931 e. The van der Waals surface area contributed by atoms with Gasteiger partial charge in [0, 0.05) is 15.3 Å². The first-order valence-electron chi connectivity index (χ1n) is 5.29. The molecule has 1 aromatic carbocycles. The first kappa shape index (κ1) is 13.1. The zero-order chi connectivity index (χ0) is 12.3. The van der Waals surface area contributed by atoms with Crippen LogP contribution >= 0.6 is 38.9 Å². The van der Waals surface area contributed by atoms with Crippen LogP contribution in [0, 0.1) is 0 Å². The SMILES string of the molecule is OCC(Cc1ccc(Cl)s1)c1ccc(Br)cc1. The van der Waals surface area contributed by atoms with E-state index in [9.17, 15) is 5.11 Å². The summed E-state index contributed by atoms with van der Waals surface area (Å²) in [7, 11) is 0. The first-order valence-corrected chi connectivity index (χ1v) is 7.28. The van der Waals surface area contributed by atoms with E-state index in [1.807, 2.05) is 36.4 Å². The molecular weight excluding hydrogens is 320 g/mol. The maximum Gasteiger partial charge on any atom is 0.0931 e. The molecular formula is C13H12BrClOS. The van der Waals surface area contributed by atoms with Crippen molar-refractivity contribution in [3.63, 3.8) is 0 Å². The Labute approximate surface area is 118 Å². The minimum absolute atomic E-state index is 0.137. The Hall–Kier alpha value is -0.350. The van der Waals surface area contributed by atoms with Crippen LogP contribution in [-0.2, 0) is 6.42 Å². The zero-order valence-corrected chi connectivity index (χ0v) is 12.2. The molecule has 0 bridgehead atoms. The fourth-order valence-corrected chi connectivity index (χ4v) is 3.16. The molecule has 2 aromatic rings. The summed E-state index contributed by atoms with van der Waals surface area (Å²) in [6.45, 7) is 0.150. The van der Waals surface area contributed by atoms with Gasteiger partial charge in [-0.15, -0.1) is 11.3 Å². The summed E-state index contributed by atoms with van der Waals surface area (Å²) in [6.07, 6.45) is 0.829. The summed E-state index contributed by atoms with van der Waals surface area (Å²) in [4.78, 5) is 1.21. The number of hydrogen-bond acceptors (Lipinski definition) is 2. The van der Waals surface area contributed by atoms with E-state index < -0.39 is 0 Å². The molecule has 0 radical (unpaired) electrons. The Morgan fingerprint density at radius 3 is 2.41 bits per heavy atom. The van der Waals surface area contributed by atoms with Gasteiger partial charge in [0.05, 0.1) is 10.9 Å². The number of aliphatic hydroxyl groups excluding tert-OH is 1. The highest BCUT2D eigenvalue weighted by Gasteiger charge is 2.12. The van der Waals surface area contributed by atoms with Gasteiger partial charge in [-0.25, -0.2) is 0 Å². The van der Waals surface area contributed by atoms with Crippen molar-refractivity contribution in [2.75, 3.05) is 6.61 Å². The van der Waals surface area contributed by atoms with Crippen molar-refractivity contribution in [2.24, 2.45) is 0 Å². The highest BCUT2D eigenvalue weighted by molar-refractivity contribution is 9.10. The normalized spacial score (nSPS) is 12.6. The Morgan fingerprint density at radius 1 is 1.18 bits per heavy atom. The topological polar surface area (TPSA) is 20.2 Å². The van der Waals surface area contributed by atoms with Gasteiger partial charge in [0.25, 0.3) is 0 Å². The van der Waals surface area contributed by atoms with E-state index >= 15 is 0 Å². The fraction of sp³-hybridized carbons (Fsp3) is 0.231. The molecule has 1 unspecified atom stereocenters. The molecule has 4 heteroatoms. The maximum atomic E-state index is 9.48. The third-order valence-corrected chi connectivity index (χ3v) is 4.42. The van der Waals surface area contributed by atoms with Crippen LogP contribution in [0.2, 0.25) is 4.34 Å². The van der Waals surface area contributed by atoms with E-state index in [0.29, 0.717) is 0 Å².